The van der Waals surface area contributed by atoms with Crippen LogP contribution in [0.5, 0.6) is 0 Å². The number of carbonyl (C=O) groups excluding carboxylic acids is 1. The van der Waals surface area contributed by atoms with E-state index in [1.807, 2.05) is 25.1 Å². The van der Waals surface area contributed by atoms with Crippen LogP contribution in [0.25, 0.3) is 11.0 Å². The van der Waals surface area contributed by atoms with Crippen LogP contribution in [-0.2, 0) is 0 Å². The average Bonchev–Trinajstić information content (AvgIpc) is 2.86. The van der Waals surface area contributed by atoms with E-state index in [2.05, 4.69) is 5.16 Å². The molecule has 3 N–H and O–H groups in total. The first-order valence-electron chi connectivity index (χ1n) is 6.23. The molecular weight excluding hydrogens is 258 g/mol. The fourth-order valence-corrected chi connectivity index (χ4v) is 1.89. The largest absolute Gasteiger partial charge is 0.451 e. The zero-order chi connectivity index (χ0) is 14.7. The standard InChI is InChI=1S/C14H17N3O3/c1-9-3-4-11-10(7-9)8-12(20-11)14(18)17(2)6-5-13(15)16-19/h3-4,7-8,19H,5-6H2,1-2H3,(H2,15,16). The summed E-state index contributed by atoms with van der Waals surface area (Å²) in [6, 6.07) is 7.47. The lowest BCUT2D eigenvalue weighted by molar-refractivity contribution is 0.0769. The van der Waals surface area contributed by atoms with Gasteiger partial charge < -0.3 is 20.3 Å². The molecule has 20 heavy (non-hydrogen) atoms. The number of nitrogens with zero attached hydrogens (tertiary/aromatic N) is 2. The number of aryl methyl sites for hydroxylation is 1. The van der Waals surface area contributed by atoms with Crippen molar-refractivity contribution in [2.75, 3.05) is 13.6 Å². The molecule has 0 fully saturated rings. The number of nitrogens with two attached hydrogens (primary N) is 1. The lowest BCUT2D eigenvalue weighted by atomic mass is 10.2. The summed E-state index contributed by atoms with van der Waals surface area (Å²) in [6.07, 6.45) is 0.304. The molecule has 0 saturated heterocycles. The molecule has 1 amide bonds. The number of amidine groups is 1. The van der Waals surface area contributed by atoms with Gasteiger partial charge in [-0.1, -0.05) is 16.8 Å². The molecule has 2 aromatic rings. The molecule has 0 radical (unpaired) electrons. The van der Waals surface area contributed by atoms with Gasteiger partial charge in [-0.05, 0) is 25.1 Å². The Labute approximate surface area is 116 Å². The van der Waals surface area contributed by atoms with Crippen molar-refractivity contribution in [2.24, 2.45) is 10.9 Å². The summed E-state index contributed by atoms with van der Waals surface area (Å²) < 4.78 is 5.54. The number of hydrogen-bond acceptors (Lipinski definition) is 4. The highest BCUT2D eigenvalue weighted by Gasteiger charge is 2.16. The topological polar surface area (TPSA) is 92.1 Å². The normalized spacial score (nSPS) is 11.8. The molecule has 0 atom stereocenters. The third-order valence-electron chi connectivity index (χ3n) is 3.06. The maximum Gasteiger partial charge on any atom is 0.289 e. The molecule has 0 aliphatic heterocycles. The highest BCUT2D eigenvalue weighted by Crippen LogP contribution is 2.21. The van der Waals surface area contributed by atoms with Gasteiger partial charge in [-0.25, -0.2) is 0 Å². The summed E-state index contributed by atoms with van der Waals surface area (Å²) in [4.78, 5) is 13.7. The van der Waals surface area contributed by atoms with Gasteiger partial charge in [0.25, 0.3) is 5.91 Å². The van der Waals surface area contributed by atoms with Crippen LogP contribution in [0.2, 0.25) is 0 Å². The summed E-state index contributed by atoms with van der Waals surface area (Å²) in [7, 11) is 1.64. The van der Waals surface area contributed by atoms with Crippen molar-refractivity contribution < 1.29 is 14.4 Å². The molecule has 0 bridgehead atoms. The molecule has 106 valence electrons. The predicted molar refractivity (Wildman–Crippen MR) is 75.9 cm³/mol. The first kappa shape index (κ1) is 13.9. The number of carbonyl (C=O) groups is 1. The molecule has 0 saturated carbocycles. The Morgan fingerprint density at radius 2 is 2.20 bits per heavy atom. The second-order valence-corrected chi connectivity index (χ2v) is 4.72. The van der Waals surface area contributed by atoms with E-state index in [0.717, 1.165) is 10.9 Å². The van der Waals surface area contributed by atoms with Gasteiger partial charge in [0.1, 0.15) is 11.4 Å². The quantitative estimate of drug-likeness (QED) is 0.386. The van der Waals surface area contributed by atoms with Gasteiger partial charge in [-0.2, -0.15) is 0 Å². The molecule has 0 unspecified atom stereocenters. The van der Waals surface area contributed by atoms with Crippen LogP contribution in [0.15, 0.2) is 33.8 Å². The van der Waals surface area contributed by atoms with Crippen molar-refractivity contribution in [3.05, 3.63) is 35.6 Å². The Morgan fingerprint density at radius 1 is 1.45 bits per heavy atom. The molecule has 2 rings (SSSR count). The Kier molecular flexibility index (Phi) is 3.93. The van der Waals surface area contributed by atoms with Gasteiger partial charge in [-0.3, -0.25) is 4.79 Å². The van der Waals surface area contributed by atoms with Crippen molar-refractivity contribution in [2.45, 2.75) is 13.3 Å². The van der Waals surface area contributed by atoms with Gasteiger partial charge >= 0.3 is 0 Å². The van der Waals surface area contributed by atoms with E-state index in [1.165, 1.54) is 4.90 Å². The van der Waals surface area contributed by atoms with Crippen LogP contribution in [0, 0.1) is 6.92 Å². The zero-order valence-electron chi connectivity index (χ0n) is 11.5. The summed E-state index contributed by atoms with van der Waals surface area (Å²) in [6.45, 7) is 2.34. The number of furan rings is 1. The van der Waals surface area contributed by atoms with Crippen LogP contribution in [-0.4, -0.2) is 35.4 Å². The Bertz CT molecular complexity index is 661. The third-order valence-corrected chi connectivity index (χ3v) is 3.06. The van der Waals surface area contributed by atoms with Crippen LogP contribution >= 0.6 is 0 Å². The van der Waals surface area contributed by atoms with E-state index in [4.69, 9.17) is 15.4 Å². The van der Waals surface area contributed by atoms with E-state index in [9.17, 15) is 4.79 Å². The van der Waals surface area contributed by atoms with Crippen LogP contribution in [0.1, 0.15) is 22.5 Å². The van der Waals surface area contributed by atoms with E-state index >= 15 is 0 Å². The highest BCUT2D eigenvalue weighted by molar-refractivity contribution is 5.96. The van der Waals surface area contributed by atoms with Crippen molar-refractivity contribution in [3.63, 3.8) is 0 Å². The maximum atomic E-state index is 12.2. The fourth-order valence-electron chi connectivity index (χ4n) is 1.89. The van der Waals surface area contributed by atoms with Crippen molar-refractivity contribution >= 4 is 22.7 Å². The van der Waals surface area contributed by atoms with E-state index < -0.39 is 0 Å². The summed E-state index contributed by atoms with van der Waals surface area (Å²) >= 11 is 0. The minimum absolute atomic E-state index is 0.0879. The lowest BCUT2D eigenvalue weighted by Gasteiger charge is -2.14. The van der Waals surface area contributed by atoms with Gasteiger partial charge in [0.15, 0.2) is 5.76 Å². The van der Waals surface area contributed by atoms with Gasteiger partial charge in [0.2, 0.25) is 0 Å². The monoisotopic (exact) mass is 275 g/mol. The second kappa shape index (κ2) is 5.64. The number of benzene rings is 1. The summed E-state index contributed by atoms with van der Waals surface area (Å²) in [5.74, 6) is 0.141. The average molecular weight is 275 g/mol. The minimum Gasteiger partial charge on any atom is -0.451 e. The molecule has 6 heteroatoms. The second-order valence-electron chi connectivity index (χ2n) is 4.72. The predicted octanol–water partition coefficient (Wildman–Crippen LogP) is 1.95. The van der Waals surface area contributed by atoms with E-state index in [1.54, 1.807) is 13.1 Å². The van der Waals surface area contributed by atoms with Gasteiger partial charge in [0, 0.05) is 25.4 Å². The van der Waals surface area contributed by atoms with Crippen molar-refractivity contribution in [3.8, 4) is 0 Å². The number of fused-ring (bicyclic) bond motifs is 1. The lowest BCUT2D eigenvalue weighted by Crippen LogP contribution is -2.30. The SMILES string of the molecule is Cc1ccc2oc(C(=O)N(C)CCC(N)=NO)cc2c1. The smallest absolute Gasteiger partial charge is 0.289 e. The first-order chi connectivity index (χ1) is 9.51. The van der Waals surface area contributed by atoms with Crippen molar-refractivity contribution in [1.29, 1.82) is 0 Å². The fraction of sp³-hybridized carbons (Fsp3) is 0.286. The highest BCUT2D eigenvalue weighted by atomic mass is 16.4. The molecule has 1 heterocycles. The third kappa shape index (κ3) is 2.90. The first-order valence-corrected chi connectivity index (χ1v) is 6.23. The summed E-state index contributed by atoms with van der Waals surface area (Å²) in [5.41, 5.74) is 7.17. The number of hydrogen-bond donors (Lipinski definition) is 2. The maximum absolute atomic E-state index is 12.2. The van der Waals surface area contributed by atoms with Crippen LogP contribution in [0.4, 0.5) is 0 Å². The van der Waals surface area contributed by atoms with Gasteiger partial charge in [0.05, 0.1) is 0 Å². The Hall–Kier alpha value is -2.50. The van der Waals surface area contributed by atoms with Crippen molar-refractivity contribution in [1.82, 2.24) is 4.90 Å². The molecular formula is C14H17N3O3. The van der Waals surface area contributed by atoms with Crippen LogP contribution in [0.3, 0.4) is 0 Å². The van der Waals surface area contributed by atoms with Crippen LogP contribution < -0.4 is 5.73 Å². The molecule has 0 aliphatic rings. The molecule has 1 aromatic carbocycles. The zero-order valence-corrected chi connectivity index (χ0v) is 11.5. The van der Waals surface area contributed by atoms with Gasteiger partial charge in [-0.15, -0.1) is 0 Å². The molecule has 1 aromatic heterocycles. The molecule has 0 aliphatic carbocycles. The van der Waals surface area contributed by atoms with E-state index in [0.29, 0.717) is 18.5 Å². The minimum atomic E-state index is -0.232. The number of oxime groups is 1. The number of amides is 1. The number of rotatable bonds is 4. The van der Waals surface area contributed by atoms with E-state index in [-0.39, 0.29) is 17.5 Å². The Morgan fingerprint density at radius 3 is 2.90 bits per heavy atom. The Balaban J connectivity index is 2.14. The summed E-state index contributed by atoms with van der Waals surface area (Å²) in [5, 5.41) is 12.2. The molecule has 6 nitrogen and oxygen atoms in total. The molecule has 0 spiro atoms.